The highest BCUT2D eigenvalue weighted by atomic mass is 16.5. The summed E-state index contributed by atoms with van der Waals surface area (Å²) in [4.78, 5) is 36.9. The Morgan fingerprint density at radius 1 is 1.00 bits per heavy atom. The molecule has 1 aliphatic heterocycles. The van der Waals surface area contributed by atoms with E-state index in [1.54, 1.807) is 4.57 Å². The van der Waals surface area contributed by atoms with Gasteiger partial charge in [-0.25, -0.2) is 9.78 Å². The lowest BCUT2D eigenvalue weighted by Crippen LogP contribution is -2.50. The normalized spacial score (nSPS) is 29.1. The largest absolute Gasteiger partial charge is 0.379 e. The van der Waals surface area contributed by atoms with E-state index in [1.165, 1.54) is 17.4 Å². The van der Waals surface area contributed by atoms with E-state index in [-0.39, 0.29) is 11.2 Å². The van der Waals surface area contributed by atoms with Gasteiger partial charge < -0.3 is 9.72 Å². The molecule has 0 amide bonds. The number of aryl methyl sites for hydroxylation is 1. The van der Waals surface area contributed by atoms with Gasteiger partial charge in [0, 0.05) is 38.1 Å². The molecule has 170 valence electrons. The van der Waals surface area contributed by atoms with Crippen molar-refractivity contribution in [1.82, 2.24) is 24.0 Å². The number of morpholine rings is 1. The highest BCUT2D eigenvalue weighted by Gasteiger charge is 2.46. The fourth-order valence-corrected chi connectivity index (χ4v) is 6.42. The maximum Gasteiger partial charge on any atom is 0.332 e. The number of imidazole rings is 1. The van der Waals surface area contributed by atoms with Crippen LogP contribution in [-0.2, 0) is 17.8 Å². The predicted octanol–water partition coefficient (Wildman–Crippen LogP) is 2.31. The molecule has 1 saturated heterocycles. The lowest BCUT2D eigenvalue weighted by atomic mass is 9.76. The lowest BCUT2D eigenvalue weighted by molar-refractivity contribution is -0.0137. The van der Waals surface area contributed by atoms with E-state index in [2.05, 4.69) is 9.88 Å². The van der Waals surface area contributed by atoms with Gasteiger partial charge in [0.25, 0.3) is 5.56 Å². The minimum atomic E-state index is -0.227. The van der Waals surface area contributed by atoms with Crippen LogP contribution in [0.2, 0.25) is 0 Å². The smallest absolute Gasteiger partial charge is 0.332 e. The summed E-state index contributed by atoms with van der Waals surface area (Å²) in [5.74, 6) is 2.61. The summed E-state index contributed by atoms with van der Waals surface area (Å²) < 4.78 is 8.64. The van der Waals surface area contributed by atoms with Gasteiger partial charge in [0.2, 0.25) is 0 Å². The van der Waals surface area contributed by atoms with E-state index in [0.717, 1.165) is 57.8 Å². The van der Waals surface area contributed by atoms with Gasteiger partial charge >= 0.3 is 5.69 Å². The van der Waals surface area contributed by atoms with E-state index in [1.807, 2.05) is 13.8 Å². The minimum absolute atomic E-state index is 0.224. The number of hydrogen-bond donors (Lipinski definition) is 1. The lowest BCUT2D eigenvalue weighted by Gasteiger charge is -2.43. The van der Waals surface area contributed by atoms with E-state index < -0.39 is 0 Å². The number of hydrogen-bond acceptors (Lipinski definition) is 5. The maximum absolute atomic E-state index is 13.1. The molecule has 0 radical (unpaired) electrons. The molecule has 0 spiro atoms. The number of nitrogens with zero attached hydrogens (tertiary/aromatic N) is 4. The molecular weight excluding hydrogens is 394 g/mol. The summed E-state index contributed by atoms with van der Waals surface area (Å²) in [6.45, 7) is 8.86. The Balaban J connectivity index is 1.47. The Hall–Kier alpha value is -1.93. The molecule has 2 aromatic heterocycles. The van der Waals surface area contributed by atoms with Crippen LogP contribution >= 0.6 is 0 Å². The highest BCUT2D eigenvalue weighted by molar-refractivity contribution is 5.70. The molecule has 0 aromatic carbocycles. The highest BCUT2D eigenvalue weighted by Crippen LogP contribution is 2.50. The molecule has 3 aliphatic rings. The summed E-state index contributed by atoms with van der Waals surface area (Å²) in [5, 5.41) is 0. The average molecular weight is 430 g/mol. The Bertz CT molecular complexity index is 1030. The summed E-state index contributed by atoms with van der Waals surface area (Å²) in [6.07, 6.45) is 6.37. The van der Waals surface area contributed by atoms with Gasteiger partial charge in [0.15, 0.2) is 5.65 Å². The van der Waals surface area contributed by atoms with Gasteiger partial charge in [0.05, 0.1) is 13.2 Å². The van der Waals surface area contributed by atoms with Crippen molar-refractivity contribution in [2.45, 2.75) is 77.4 Å². The SMILES string of the molecule is CCCn1c(=O)c2[nH]c(C3CC4CCC(C3)C4N3CCOCC3)nc2n(CCC)c1=O. The minimum Gasteiger partial charge on any atom is -0.379 e. The molecule has 8 nitrogen and oxygen atoms in total. The van der Waals surface area contributed by atoms with Crippen LogP contribution in [0.4, 0.5) is 0 Å². The topological polar surface area (TPSA) is 85.2 Å². The van der Waals surface area contributed by atoms with Crippen LogP contribution in [0.5, 0.6) is 0 Å². The molecule has 2 saturated carbocycles. The molecule has 31 heavy (non-hydrogen) atoms. The van der Waals surface area contributed by atoms with E-state index in [4.69, 9.17) is 9.72 Å². The number of ether oxygens (including phenoxy) is 1. The first kappa shape index (κ1) is 20.9. The first-order valence-corrected chi connectivity index (χ1v) is 12.2. The molecule has 2 unspecified atom stereocenters. The third-order valence-corrected chi connectivity index (χ3v) is 7.68. The van der Waals surface area contributed by atoms with Gasteiger partial charge in [-0.05, 0) is 50.4 Å². The van der Waals surface area contributed by atoms with Crippen molar-refractivity contribution in [2.24, 2.45) is 11.8 Å². The monoisotopic (exact) mass is 429 g/mol. The van der Waals surface area contributed by atoms with E-state index in [9.17, 15) is 9.59 Å². The molecule has 2 atom stereocenters. The third kappa shape index (κ3) is 3.57. The number of aromatic nitrogens is 4. The van der Waals surface area contributed by atoms with Crippen molar-refractivity contribution in [3.63, 3.8) is 0 Å². The third-order valence-electron chi connectivity index (χ3n) is 7.68. The zero-order valence-electron chi connectivity index (χ0n) is 18.8. The molecule has 1 N–H and O–H groups in total. The fraction of sp³-hybridized carbons (Fsp3) is 0.783. The second-order valence-corrected chi connectivity index (χ2v) is 9.62. The van der Waals surface area contributed by atoms with Gasteiger partial charge in [-0.1, -0.05) is 13.8 Å². The Morgan fingerprint density at radius 2 is 1.65 bits per heavy atom. The summed E-state index contributed by atoms with van der Waals surface area (Å²) in [7, 11) is 0. The quantitative estimate of drug-likeness (QED) is 0.762. The number of rotatable bonds is 6. The van der Waals surface area contributed by atoms with Gasteiger partial charge in [-0.3, -0.25) is 18.8 Å². The van der Waals surface area contributed by atoms with E-state index >= 15 is 0 Å². The Labute approximate surface area is 182 Å². The van der Waals surface area contributed by atoms with Crippen LogP contribution in [0, 0.1) is 11.8 Å². The Kier molecular flexibility index (Phi) is 5.77. The molecule has 2 aromatic rings. The Morgan fingerprint density at radius 3 is 2.29 bits per heavy atom. The van der Waals surface area contributed by atoms with Gasteiger partial charge in [0.1, 0.15) is 11.3 Å². The van der Waals surface area contributed by atoms with Crippen LogP contribution in [0.3, 0.4) is 0 Å². The van der Waals surface area contributed by atoms with Crippen LogP contribution in [0.1, 0.15) is 64.1 Å². The number of fused-ring (bicyclic) bond motifs is 3. The predicted molar refractivity (Wildman–Crippen MR) is 120 cm³/mol. The number of H-pyrrole nitrogens is 1. The maximum atomic E-state index is 13.1. The first-order chi connectivity index (χ1) is 15.1. The van der Waals surface area contributed by atoms with E-state index in [0.29, 0.717) is 48.0 Å². The number of aromatic amines is 1. The van der Waals surface area contributed by atoms with Crippen LogP contribution in [0.15, 0.2) is 9.59 Å². The molecule has 2 bridgehead atoms. The molecule has 5 rings (SSSR count). The zero-order valence-corrected chi connectivity index (χ0v) is 18.8. The van der Waals surface area contributed by atoms with Crippen molar-refractivity contribution in [2.75, 3.05) is 26.3 Å². The van der Waals surface area contributed by atoms with Crippen molar-refractivity contribution in [1.29, 1.82) is 0 Å². The van der Waals surface area contributed by atoms with Crippen molar-refractivity contribution in [3.8, 4) is 0 Å². The van der Waals surface area contributed by atoms with Crippen LogP contribution in [0.25, 0.3) is 11.2 Å². The second kappa shape index (κ2) is 8.54. The summed E-state index contributed by atoms with van der Waals surface area (Å²) in [6, 6.07) is 0.671. The molecule has 3 heterocycles. The standard InChI is InChI=1S/C23H35N5O3/c1-3-7-27-21-18(22(29)28(8-4-2)23(27)30)24-20(25-21)17-13-15-5-6-16(14-17)19(15)26-9-11-31-12-10-26/h15-17,19H,3-14H2,1-2H3,(H,24,25). The van der Waals surface area contributed by atoms with Crippen molar-refractivity contribution in [3.05, 3.63) is 26.7 Å². The second-order valence-electron chi connectivity index (χ2n) is 9.62. The average Bonchev–Trinajstić information content (AvgIpc) is 3.34. The van der Waals surface area contributed by atoms with Crippen molar-refractivity contribution < 1.29 is 4.74 Å². The fourth-order valence-electron chi connectivity index (χ4n) is 6.42. The zero-order chi connectivity index (χ0) is 21.5. The van der Waals surface area contributed by atoms with Crippen LogP contribution in [-0.4, -0.2) is 56.3 Å². The molecule has 3 fully saturated rings. The summed E-state index contributed by atoms with van der Waals surface area (Å²) >= 11 is 0. The van der Waals surface area contributed by atoms with Gasteiger partial charge in [-0.2, -0.15) is 0 Å². The first-order valence-electron chi connectivity index (χ1n) is 12.2. The molecule has 8 heteroatoms. The molecule has 2 aliphatic carbocycles. The number of nitrogens with one attached hydrogen (secondary N) is 1. The van der Waals surface area contributed by atoms with Gasteiger partial charge in [-0.15, -0.1) is 0 Å². The summed E-state index contributed by atoms with van der Waals surface area (Å²) in [5.41, 5.74) is 0.592. The van der Waals surface area contributed by atoms with Crippen LogP contribution < -0.4 is 11.2 Å². The molecular formula is C23H35N5O3. The van der Waals surface area contributed by atoms with Crippen molar-refractivity contribution >= 4 is 11.2 Å².